The Morgan fingerprint density at radius 3 is 2.45 bits per heavy atom. The number of hydrogen-bond acceptors (Lipinski definition) is 5. The number of likely N-dealkylation sites (tertiary alicyclic amines) is 1. The van der Waals surface area contributed by atoms with Gasteiger partial charge < -0.3 is 21.5 Å². The number of amides is 2. The average molecular weight is 394 g/mol. The van der Waals surface area contributed by atoms with E-state index in [-0.39, 0.29) is 24.6 Å². The molecular weight excluding hydrogens is 368 g/mol. The van der Waals surface area contributed by atoms with Gasteiger partial charge in [-0.2, -0.15) is 4.99 Å². The number of nitrogen functional groups attached to an aromatic ring is 1. The predicted molar refractivity (Wildman–Crippen MR) is 111 cm³/mol. The number of aliphatic imine (C=N–C) groups is 1. The fraction of sp³-hybridized carbons (Fsp3) is 0.429. The van der Waals surface area contributed by atoms with Crippen LogP contribution in [-0.2, 0) is 5.41 Å². The topological polar surface area (TPSA) is 131 Å². The molecule has 0 radical (unpaired) electrons. The number of benzene rings is 1. The molecule has 1 aliphatic carbocycles. The van der Waals surface area contributed by atoms with Crippen LogP contribution in [0.4, 0.5) is 10.7 Å². The molecule has 152 valence electrons. The zero-order valence-corrected chi connectivity index (χ0v) is 16.3. The number of anilines is 1. The predicted octanol–water partition coefficient (Wildman–Crippen LogP) is 2.08. The highest BCUT2D eigenvalue weighted by Crippen LogP contribution is 2.44. The molecule has 2 amide bonds. The van der Waals surface area contributed by atoms with Gasteiger partial charge in [0.25, 0.3) is 0 Å². The van der Waals surface area contributed by atoms with Crippen molar-refractivity contribution in [3.63, 3.8) is 0 Å². The third-order valence-corrected chi connectivity index (χ3v) is 6.19. The maximum absolute atomic E-state index is 12.6. The van der Waals surface area contributed by atoms with Crippen molar-refractivity contribution in [3.8, 4) is 11.1 Å². The van der Waals surface area contributed by atoms with Crippen molar-refractivity contribution in [3.05, 3.63) is 42.2 Å². The number of carbonyl (C=O) groups excluding carboxylic acids is 1. The number of aliphatic hydroxyl groups is 1. The molecule has 1 unspecified atom stereocenters. The molecule has 8 nitrogen and oxygen atoms in total. The van der Waals surface area contributed by atoms with Gasteiger partial charge in [0, 0.05) is 24.5 Å². The van der Waals surface area contributed by atoms with Gasteiger partial charge in [0.15, 0.2) is 0 Å². The molecule has 2 heterocycles. The molecule has 1 atom stereocenters. The van der Waals surface area contributed by atoms with Gasteiger partial charge in [0.2, 0.25) is 5.95 Å². The fourth-order valence-electron chi connectivity index (χ4n) is 4.24. The summed E-state index contributed by atoms with van der Waals surface area (Å²) < 4.78 is 0. The number of carbonyl (C=O) groups is 1. The molecule has 0 bridgehead atoms. The van der Waals surface area contributed by atoms with Crippen LogP contribution in [0.5, 0.6) is 0 Å². The molecule has 1 saturated carbocycles. The first-order valence-corrected chi connectivity index (χ1v) is 9.98. The number of amidine groups is 1. The highest BCUT2D eigenvalue weighted by atomic mass is 16.3. The van der Waals surface area contributed by atoms with E-state index in [1.54, 1.807) is 17.3 Å². The lowest BCUT2D eigenvalue weighted by molar-refractivity contribution is 0.163. The first-order chi connectivity index (χ1) is 14.0. The summed E-state index contributed by atoms with van der Waals surface area (Å²) in [6.45, 7) is 0.578. The molecule has 1 aliphatic heterocycles. The molecule has 2 aromatic rings. The lowest BCUT2D eigenvalue weighted by atomic mass is 9.63. The smallest absolute Gasteiger partial charge is 0.345 e. The van der Waals surface area contributed by atoms with Crippen LogP contribution < -0.4 is 11.5 Å². The molecule has 2 fully saturated rings. The summed E-state index contributed by atoms with van der Waals surface area (Å²) in [5.74, 6) is 0.606. The lowest BCUT2D eigenvalue weighted by Crippen LogP contribution is -2.48. The first-order valence-electron chi connectivity index (χ1n) is 9.98. The molecule has 5 N–H and O–H groups in total. The normalized spacial score (nSPS) is 21.1. The summed E-state index contributed by atoms with van der Waals surface area (Å²) in [6, 6.07) is 7.57. The Morgan fingerprint density at radius 1 is 1.17 bits per heavy atom. The molecule has 1 aromatic carbocycles. The molecule has 1 aromatic heterocycles. The molecule has 0 spiro atoms. The Balaban J connectivity index is 1.57. The largest absolute Gasteiger partial charge is 0.394 e. The Morgan fingerprint density at radius 2 is 1.86 bits per heavy atom. The van der Waals surface area contributed by atoms with E-state index in [0.717, 1.165) is 48.8 Å². The highest BCUT2D eigenvalue weighted by Gasteiger charge is 2.43. The maximum atomic E-state index is 12.6. The van der Waals surface area contributed by atoms with E-state index in [1.165, 1.54) is 0 Å². The molecule has 2 aliphatic rings. The van der Waals surface area contributed by atoms with Crippen LogP contribution in [0.2, 0.25) is 0 Å². The van der Waals surface area contributed by atoms with E-state index in [1.807, 2.05) is 24.3 Å². The third-order valence-electron chi connectivity index (χ3n) is 6.19. The minimum atomic E-state index is -0.403. The second-order valence-corrected chi connectivity index (χ2v) is 7.79. The van der Waals surface area contributed by atoms with Gasteiger partial charge >= 0.3 is 6.03 Å². The van der Waals surface area contributed by atoms with E-state index in [0.29, 0.717) is 12.4 Å². The number of rotatable bonds is 4. The Kier molecular flexibility index (Phi) is 5.19. The van der Waals surface area contributed by atoms with E-state index in [9.17, 15) is 9.90 Å². The van der Waals surface area contributed by atoms with Crippen molar-refractivity contribution in [2.24, 2.45) is 10.7 Å². The van der Waals surface area contributed by atoms with Crippen molar-refractivity contribution in [1.29, 1.82) is 0 Å². The Hall–Kier alpha value is -3.00. The SMILES string of the molecule is NC(=NC(=O)N1CCCC1CO)C1(c2ccc(-c3cnc(N)nc3)cc2)CCC1. The Bertz CT molecular complexity index is 906. The van der Waals surface area contributed by atoms with Gasteiger partial charge in [-0.3, -0.25) is 0 Å². The number of urea groups is 1. The molecule has 8 heteroatoms. The molecular formula is C21H26N6O2. The van der Waals surface area contributed by atoms with Gasteiger partial charge in [-0.15, -0.1) is 0 Å². The summed E-state index contributed by atoms with van der Waals surface area (Å²) in [5.41, 5.74) is 14.4. The monoisotopic (exact) mass is 394 g/mol. The summed E-state index contributed by atoms with van der Waals surface area (Å²) >= 11 is 0. The van der Waals surface area contributed by atoms with Crippen molar-refractivity contribution in [2.45, 2.75) is 43.6 Å². The van der Waals surface area contributed by atoms with Crippen LogP contribution in [0.3, 0.4) is 0 Å². The van der Waals surface area contributed by atoms with Gasteiger partial charge in [0.1, 0.15) is 5.84 Å². The second-order valence-electron chi connectivity index (χ2n) is 7.79. The van der Waals surface area contributed by atoms with Gasteiger partial charge in [0.05, 0.1) is 18.1 Å². The second kappa shape index (κ2) is 7.79. The minimum Gasteiger partial charge on any atom is -0.394 e. The van der Waals surface area contributed by atoms with E-state index in [2.05, 4.69) is 15.0 Å². The van der Waals surface area contributed by atoms with Crippen LogP contribution in [0, 0.1) is 0 Å². The van der Waals surface area contributed by atoms with Crippen molar-refractivity contribution >= 4 is 17.8 Å². The standard InChI is InChI=1S/C21H26N6O2/c22-18(26-20(29)27-10-1-3-17(27)13-28)21(8-2-9-21)16-6-4-14(5-7-16)15-11-24-19(23)25-12-15/h4-7,11-12,17,28H,1-3,8-10,13H2,(H2,22,26,29)(H2,23,24,25). The van der Waals surface area contributed by atoms with E-state index >= 15 is 0 Å². The van der Waals surface area contributed by atoms with Crippen LogP contribution in [0.1, 0.15) is 37.7 Å². The van der Waals surface area contributed by atoms with Crippen molar-refractivity contribution in [1.82, 2.24) is 14.9 Å². The molecule has 29 heavy (non-hydrogen) atoms. The summed E-state index contributed by atoms with van der Waals surface area (Å²) in [7, 11) is 0. The van der Waals surface area contributed by atoms with Crippen LogP contribution >= 0.6 is 0 Å². The lowest BCUT2D eigenvalue weighted by Gasteiger charge is -2.42. The van der Waals surface area contributed by atoms with Gasteiger partial charge in [-0.05, 0) is 36.8 Å². The number of aromatic nitrogens is 2. The van der Waals surface area contributed by atoms with Crippen molar-refractivity contribution < 1.29 is 9.90 Å². The number of nitrogens with two attached hydrogens (primary N) is 2. The number of hydrogen-bond donors (Lipinski definition) is 3. The van der Waals surface area contributed by atoms with Crippen LogP contribution in [-0.4, -0.2) is 51.0 Å². The average Bonchev–Trinajstić information content (AvgIpc) is 3.17. The summed E-state index contributed by atoms with van der Waals surface area (Å²) in [5, 5.41) is 9.46. The Labute approximate surface area is 169 Å². The van der Waals surface area contributed by atoms with Crippen molar-refractivity contribution in [2.75, 3.05) is 18.9 Å². The van der Waals surface area contributed by atoms with Gasteiger partial charge in [-0.25, -0.2) is 14.8 Å². The minimum absolute atomic E-state index is 0.0391. The third kappa shape index (κ3) is 3.55. The van der Waals surface area contributed by atoms with E-state index < -0.39 is 5.41 Å². The zero-order valence-electron chi connectivity index (χ0n) is 16.3. The van der Waals surface area contributed by atoms with Gasteiger partial charge in [-0.1, -0.05) is 30.7 Å². The van der Waals surface area contributed by atoms with Crippen LogP contribution in [0.25, 0.3) is 11.1 Å². The fourth-order valence-corrected chi connectivity index (χ4v) is 4.24. The molecule has 1 saturated heterocycles. The zero-order chi connectivity index (χ0) is 20.4. The number of aliphatic hydroxyl groups excluding tert-OH is 1. The number of nitrogens with zero attached hydrogens (tertiary/aromatic N) is 4. The highest BCUT2D eigenvalue weighted by molar-refractivity contribution is 6.00. The maximum Gasteiger partial charge on any atom is 0.345 e. The first kappa shape index (κ1) is 19.3. The summed E-state index contributed by atoms with van der Waals surface area (Å²) in [6.07, 6.45) is 7.85. The van der Waals surface area contributed by atoms with E-state index in [4.69, 9.17) is 11.5 Å². The summed E-state index contributed by atoms with van der Waals surface area (Å²) in [4.78, 5) is 26.6. The molecule has 4 rings (SSSR count). The quantitative estimate of drug-likeness (QED) is 0.537. The van der Waals surface area contributed by atoms with Crippen LogP contribution in [0.15, 0.2) is 41.7 Å².